The van der Waals surface area contributed by atoms with E-state index in [1.165, 1.54) is 5.57 Å². The predicted octanol–water partition coefficient (Wildman–Crippen LogP) is 2.62. The van der Waals surface area contributed by atoms with Gasteiger partial charge in [-0.3, -0.25) is 4.39 Å². The van der Waals surface area contributed by atoms with E-state index in [0.717, 1.165) is 12.8 Å². The number of rotatable bonds is 3. The third-order valence-electron chi connectivity index (χ3n) is 1.48. The lowest BCUT2D eigenvalue weighted by Crippen LogP contribution is -1.80. The Kier molecular flexibility index (Phi) is 2.49. The van der Waals surface area contributed by atoms with Crippen molar-refractivity contribution in [3.63, 3.8) is 0 Å². The van der Waals surface area contributed by atoms with Crippen LogP contribution in [0, 0.1) is 0 Å². The smallest absolute Gasteiger partial charge is 0.0897 e. The molecule has 0 aromatic rings. The average Bonchev–Trinajstić information content (AvgIpc) is 2.34. The Morgan fingerprint density at radius 3 is 3.00 bits per heavy atom. The summed E-state index contributed by atoms with van der Waals surface area (Å²) in [5.41, 5.74) is 1.37. The second-order valence-corrected chi connectivity index (χ2v) is 2.25. The molecule has 1 aliphatic rings. The number of allylic oxidation sites excluding steroid dienone is 4. The van der Waals surface area contributed by atoms with Crippen LogP contribution in [0.15, 0.2) is 23.8 Å². The summed E-state index contributed by atoms with van der Waals surface area (Å²) in [5, 5.41) is 0. The van der Waals surface area contributed by atoms with Gasteiger partial charge in [-0.1, -0.05) is 23.8 Å². The quantitative estimate of drug-likeness (QED) is 0.545. The van der Waals surface area contributed by atoms with Crippen LogP contribution >= 0.6 is 0 Å². The van der Waals surface area contributed by atoms with E-state index in [-0.39, 0.29) is 6.67 Å². The van der Waals surface area contributed by atoms with E-state index in [1.807, 2.05) is 6.08 Å². The molecule has 0 N–H and O–H groups in total. The monoisotopic (exact) mass is 126 g/mol. The molecule has 1 aliphatic carbocycles. The molecule has 0 bridgehead atoms. The first-order valence-electron chi connectivity index (χ1n) is 3.34. The summed E-state index contributed by atoms with van der Waals surface area (Å²) in [4.78, 5) is 0. The molecule has 9 heavy (non-hydrogen) atoms. The number of halogens is 1. The molecule has 0 nitrogen and oxygen atoms in total. The van der Waals surface area contributed by atoms with Gasteiger partial charge in [0.05, 0.1) is 6.67 Å². The summed E-state index contributed by atoms with van der Waals surface area (Å²) < 4.78 is 11.6. The maximum Gasteiger partial charge on any atom is 0.0897 e. The molecule has 0 aliphatic heterocycles. The molecule has 0 spiro atoms. The summed E-state index contributed by atoms with van der Waals surface area (Å²) in [5.74, 6) is 0. The van der Waals surface area contributed by atoms with Crippen molar-refractivity contribution in [2.75, 3.05) is 6.67 Å². The molecule has 1 heteroatoms. The van der Waals surface area contributed by atoms with Crippen molar-refractivity contribution in [3.8, 4) is 0 Å². The standard InChI is InChI=1S/C8H11F/c9-7-3-6-8-4-1-2-5-8/h1-2,4H,3,5-7H2. The van der Waals surface area contributed by atoms with E-state index >= 15 is 0 Å². The van der Waals surface area contributed by atoms with E-state index in [4.69, 9.17) is 0 Å². The molecule has 0 saturated heterocycles. The van der Waals surface area contributed by atoms with Crippen LogP contribution in [0.3, 0.4) is 0 Å². The van der Waals surface area contributed by atoms with Gasteiger partial charge in [0.25, 0.3) is 0 Å². The molecule has 0 fully saturated rings. The van der Waals surface area contributed by atoms with Crippen LogP contribution in [0.4, 0.5) is 4.39 Å². The van der Waals surface area contributed by atoms with Gasteiger partial charge in [-0.25, -0.2) is 0 Å². The summed E-state index contributed by atoms with van der Waals surface area (Å²) >= 11 is 0. The lowest BCUT2D eigenvalue weighted by molar-refractivity contribution is 0.472. The summed E-state index contributed by atoms with van der Waals surface area (Å²) in [6.45, 7) is -0.183. The topological polar surface area (TPSA) is 0 Å². The predicted molar refractivity (Wildman–Crippen MR) is 37.0 cm³/mol. The highest BCUT2D eigenvalue weighted by Gasteiger charge is 1.97. The molecular weight excluding hydrogens is 115 g/mol. The molecule has 0 atom stereocenters. The fourth-order valence-electron chi connectivity index (χ4n) is 0.971. The normalized spacial score (nSPS) is 16.3. The van der Waals surface area contributed by atoms with E-state index in [1.54, 1.807) is 0 Å². The minimum Gasteiger partial charge on any atom is -0.251 e. The Morgan fingerprint density at radius 1 is 1.56 bits per heavy atom. The van der Waals surface area contributed by atoms with Crippen LogP contribution < -0.4 is 0 Å². The number of alkyl halides is 1. The zero-order valence-corrected chi connectivity index (χ0v) is 5.44. The van der Waals surface area contributed by atoms with Crippen molar-refractivity contribution < 1.29 is 4.39 Å². The van der Waals surface area contributed by atoms with Gasteiger partial charge in [-0.15, -0.1) is 0 Å². The molecule has 0 aromatic heterocycles. The van der Waals surface area contributed by atoms with Gasteiger partial charge in [0.2, 0.25) is 0 Å². The second kappa shape index (κ2) is 3.44. The zero-order valence-electron chi connectivity index (χ0n) is 5.44. The van der Waals surface area contributed by atoms with Crippen molar-refractivity contribution in [2.24, 2.45) is 0 Å². The van der Waals surface area contributed by atoms with Gasteiger partial charge in [0.15, 0.2) is 0 Å². The van der Waals surface area contributed by atoms with Crippen LogP contribution in [0.1, 0.15) is 19.3 Å². The van der Waals surface area contributed by atoms with Crippen molar-refractivity contribution in [1.82, 2.24) is 0 Å². The number of hydrogen-bond donors (Lipinski definition) is 0. The Labute approximate surface area is 55.1 Å². The highest BCUT2D eigenvalue weighted by atomic mass is 19.1. The Balaban J connectivity index is 2.14. The molecule has 0 amide bonds. The average molecular weight is 126 g/mol. The summed E-state index contributed by atoms with van der Waals surface area (Å²) in [7, 11) is 0. The Morgan fingerprint density at radius 2 is 2.44 bits per heavy atom. The van der Waals surface area contributed by atoms with Crippen molar-refractivity contribution >= 4 is 0 Å². The van der Waals surface area contributed by atoms with Gasteiger partial charge in [-0.05, 0) is 19.3 Å². The summed E-state index contributed by atoms with van der Waals surface area (Å²) in [6.07, 6.45) is 8.88. The zero-order chi connectivity index (χ0) is 6.53. The Hall–Kier alpha value is -0.590. The SMILES string of the molecule is FCCCC1=CC=CC1. The maximum atomic E-state index is 11.6. The van der Waals surface area contributed by atoms with Crippen LogP contribution in [-0.4, -0.2) is 6.67 Å². The lowest BCUT2D eigenvalue weighted by atomic mass is 10.1. The fourth-order valence-corrected chi connectivity index (χ4v) is 0.971. The van der Waals surface area contributed by atoms with Crippen LogP contribution in [-0.2, 0) is 0 Å². The van der Waals surface area contributed by atoms with Gasteiger partial charge in [-0.2, -0.15) is 0 Å². The van der Waals surface area contributed by atoms with Crippen molar-refractivity contribution in [1.29, 1.82) is 0 Å². The molecule has 50 valence electrons. The first-order chi connectivity index (χ1) is 4.43. The van der Waals surface area contributed by atoms with Gasteiger partial charge < -0.3 is 0 Å². The molecule has 1 rings (SSSR count). The van der Waals surface area contributed by atoms with E-state index in [2.05, 4.69) is 12.2 Å². The molecule has 0 radical (unpaired) electrons. The third kappa shape index (κ3) is 2.00. The highest BCUT2D eigenvalue weighted by molar-refractivity contribution is 5.22. The number of hydrogen-bond acceptors (Lipinski definition) is 0. The van der Waals surface area contributed by atoms with Crippen molar-refractivity contribution in [2.45, 2.75) is 19.3 Å². The molecule has 0 aromatic carbocycles. The van der Waals surface area contributed by atoms with Crippen LogP contribution in [0.25, 0.3) is 0 Å². The van der Waals surface area contributed by atoms with E-state index in [0.29, 0.717) is 6.42 Å². The summed E-state index contributed by atoms with van der Waals surface area (Å²) in [6, 6.07) is 0. The molecular formula is C8H11F. The van der Waals surface area contributed by atoms with Gasteiger partial charge in [0.1, 0.15) is 0 Å². The van der Waals surface area contributed by atoms with E-state index in [9.17, 15) is 4.39 Å². The minimum atomic E-state index is -0.183. The lowest BCUT2D eigenvalue weighted by Gasteiger charge is -1.95. The molecule has 0 unspecified atom stereocenters. The first kappa shape index (κ1) is 6.53. The Bertz CT molecular complexity index is 134. The maximum absolute atomic E-state index is 11.6. The first-order valence-corrected chi connectivity index (χ1v) is 3.34. The fraction of sp³-hybridized carbons (Fsp3) is 0.500. The van der Waals surface area contributed by atoms with Crippen LogP contribution in [0.2, 0.25) is 0 Å². The van der Waals surface area contributed by atoms with E-state index < -0.39 is 0 Å². The highest BCUT2D eigenvalue weighted by Crippen LogP contribution is 2.15. The van der Waals surface area contributed by atoms with Gasteiger partial charge >= 0.3 is 0 Å². The van der Waals surface area contributed by atoms with Gasteiger partial charge in [0, 0.05) is 0 Å². The van der Waals surface area contributed by atoms with Crippen LogP contribution in [0.5, 0.6) is 0 Å². The largest absolute Gasteiger partial charge is 0.251 e. The minimum absolute atomic E-state index is 0.183. The molecule has 0 saturated carbocycles. The third-order valence-corrected chi connectivity index (χ3v) is 1.48. The second-order valence-electron chi connectivity index (χ2n) is 2.25. The molecule has 0 heterocycles. The van der Waals surface area contributed by atoms with Crippen molar-refractivity contribution in [3.05, 3.63) is 23.8 Å².